The number of halogens is 1. The Bertz CT molecular complexity index is 1060. The Morgan fingerprint density at radius 3 is 2.90 bits per heavy atom. The van der Waals surface area contributed by atoms with Crippen LogP contribution in [0.4, 0.5) is 5.82 Å². The standard InChI is InChI=1S/C20H21ClN4O4/c21-11-3-4-12-10(8-11)2-1-7-28-16(12)17-14(26)15(27)20(29-17)25-6-5-13-18(22)23-9-24-19(13)25/h3-6,8-9,14-17,20,26-27H,1-2,7H2,(H2,22,23,24)/t14-,15+,16+,17-,20+/m0/s1. The van der Waals surface area contributed by atoms with Crippen LogP contribution in [0.3, 0.4) is 0 Å². The molecular formula is C20H21ClN4O4. The van der Waals surface area contributed by atoms with Crippen LogP contribution in [0.1, 0.15) is 29.9 Å². The Kier molecular flexibility index (Phi) is 4.68. The fraction of sp³-hybridized carbons (Fsp3) is 0.400. The van der Waals surface area contributed by atoms with E-state index in [0.29, 0.717) is 28.5 Å². The lowest BCUT2D eigenvalue weighted by Crippen LogP contribution is -2.35. The Balaban J connectivity index is 1.51. The molecule has 2 aliphatic heterocycles. The SMILES string of the molecule is Nc1ncnc2c1ccn2[C@@H]1O[C@H]([C@@H]2OCCCc3cc(Cl)ccc32)[C@@H](O)[C@H]1O. The lowest BCUT2D eigenvalue weighted by molar-refractivity contribution is -0.108. The van der Waals surface area contributed by atoms with Gasteiger partial charge in [0.1, 0.15) is 42.2 Å². The molecule has 1 aromatic carbocycles. The first-order valence-electron chi connectivity index (χ1n) is 9.53. The third-order valence-electron chi connectivity index (χ3n) is 5.69. The first-order chi connectivity index (χ1) is 14.0. The van der Waals surface area contributed by atoms with Gasteiger partial charge in [0.2, 0.25) is 0 Å². The van der Waals surface area contributed by atoms with Crippen molar-refractivity contribution in [2.24, 2.45) is 0 Å². The van der Waals surface area contributed by atoms with Gasteiger partial charge in [-0.1, -0.05) is 17.7 Å². The number of hydrogen-bond donors (Lipinski definition) is 3. The van der Waals surface area contributed by atoms with Crippen LogP contribution in [-0.2, 0) is 15.9 Å². The van der Waals surface area contributed by atoms with Gasteiger partial charge in [-0.2, -0.15) is 0 Å². The zero-order chi connectivity index (χ0) is 20.1. The molecule has 5 atom stereocenters. The summed E-state index contributed by atoms with van der Waals surface area (Å²) in [7, 11) is 0. The van der Waals surface area contributed by atoms with Gasteiger partial charge in [-0.05, 0) is 42.2 Å². The fourth-order valence-electron chi connectivity index (χ4n) is 4.26. The summed E-state index contributed by atoms with van der Waals surface area (Å²) in [5.41, 5.74) is 8.43. The van der Waals surface area contributed by atoms with Crippen LogP contribution in [0, 0.1) is 0 Å². The molecular weight excluding hydrogens is 396 g/mol. The molecule has 0 spiro atoms. The van der Waals surface area contributed by atoms with E-state index in [4.69, 9.17) is 26.8 Å². The van der Waals surface area contributed by atoms with E-state index in [9.17, 15) is 10.2 Å². The number of aliphatic hydroxyl groups excluding tert-OH is 2. The second kappa shape index (κ2) is 7.23. The average molecular weight is 417 g/mol. The highest BCUT2D eigenvalue weighted by Crippen LogP contribution is 2.41. The number of hydrogen-bond acceptors (Lipinski definition) is 7. The van der Waals surface area contributed by atoms with Gasteiger partial charge < -0.3 is 30.0 Å². The monoisotopic (exact) mass is 416 g/mol. The first-order valence-corrected chi connectivity index (χ1v) is 9.91. The molecule has 2 aromatic heterocycles. The summed E-state index contributed by atoms with van der Waals surface area (Å²) >= 11 is 6.16. The van der Waals surface area contributed by atoms with Crippen LogP contribution >= 0.6 is 11.6 Å². The Hall–Kier alpha value is -2.23. The molecule has 0 unspecified atom stereocenters. The Labute approximate surface area is 171 Å². The van der Waals surface area contributed by atoms with Crippen molar-refractivity contribution in [2.45, 2.75) is 43.5 Å². The van der Waals surface area contributed by atoms with E-state index in [1.807, 2.05) is 12.1 Å². The second-order valence-corrected chi connectivity index (χ2v) is 7.87. The topological polar surface area (TPSA) is 116 Å². The van der Waals surface area contributed by atoms with Crippen molar-refractivity contribution in [1.82, 2.24) is 14.5 Å². The maximum Gasteiger partial charge on any atom is 0.164 e. The van der Waals surface area contributed by atoms with Crippen molar-refractivity contribution in [2.75, 3.05) is 12.3 Å². The van der Waals surface area contributed by atoms with Crippen molar-refractivity contribution < 1.29 is 19.7 Å². The summed E-state index contributed by atoms with van der Waals surface area (Å²) < 4.78 is 13.9. The molecule has 1 saturated heterocycles. The van der Waals surface area contributed by atoms with E-state index in [1.54, 1.807) is 22.9 Å². The average Bonchev–Trinajstić information content (AvgIpc) is 3.18. The predicted molar refractivity (Wildman–Crippen MR) is 106 cm³/mol. The van der Waals surface area contributed by atoms with E-state index in [2.05, 4.69) is 9.97 Å². The number of aryl methyl sites for hydroxylation is 1. The number of nitrogens with two attached hydrogens (primary N) is 1. The molecule has 2 aliphatic rings. The molecule has 3 aromatic rings. The van der Waals surface area contributed by atoms with Crippen molar-refractivity contribution in [1.29, 1.82) is 0 Å². The highest BCUT2D eigenvalue weighted by molar-refractivity contribution is 6.30. The van der Waals surface area contributed by atoms with Gasteiger partial charge in [-0.25, -0.2) is 9.97 Å². The van der Waals surface area contributed by atoms with Crippen LogP contribution in [-0.4, -0.2) is 49.7 Å². The van der Waals surface area contributed by atoms with E-state index in [-0.39, 0.29) is 0 Å². The van der Waals surface area contributed by atoms with Crippen molar-refractivity contribution in [3.8, 4) is 0 Å². The highest BCUT2D eigenvalue weighted by Gasteiger charge is 2.49. The van der Waals surface area contributed by atoms with Crippen LogP contribution in [0.5, 0.6) is 0 Å². The maximum absolute atomic E-state index is 10.8. The molecule has 0 aliphatic carbocycles. The summed E-state index contributed by atoms with van der Waals surface area (Å²) in [5.74, 6) is 0.344. The highest BCUT2D eigenvalue weighted by atomic mass is 35.5. The molecule has 0 bridgehead atoms. The van der Waals surface area contributed by atoms with Crippen LogP contribution in [0.2, 0.25) is 5.02 Å². The second-order valence-electron chi connectivity index (χ2n) is 7.43. The van der Waals surface area contributed by atoms with Crippen LogP contribution in [0.15, 0.2) is 36.8 Å². The van der Waals surface area contributed by atoms with Crippen molar-refractivity contribution >= 4 is 28.5 Å². The number of ether oxygens (including phenoxy) is 2. The summed E-state index contributed by atoms with van der Waals surface area (Å²) in [6.45, 7) is 0.528. The molecule has 1 fully saturated rings. The minimum Gasteiger partial charge on any atom is -0.387 e. The molecule has 0 radical (unpaired) electrons. The zero-order valence-electron chi connectivity index (χ0n) is 15.5. The predicted octanol–water partition coefficient (Wildman–Crippen LogP) is 1.99. The third kappa shape index (κ3) is 3.08. The lowest BCUT2D eigenvalue weighted by atomic mass is 9.94. The number of nitrogens with zero attached hydrogens (tertiary/aromatic N) is 3. The Morgan fingerprint density at radius 2 is 2.03 bits per heavy atom. The minimum atomic E-state index is -1.16. The molecule has 9 heteroatoms. The zero-order valence-corrected chi connectivity index (χ0v) is 16.2. The Morgan fingerprint density at radius 1 is 1.17 bits per heavy atom. The quantitative estimate of drug-likeness (QED) is 0.585. The molecule has 152 valence electrons. The van der Waals surface area contributed by atoms with Crippen molar-refractivity contribution in [3.05, 3.63) is 52.9 Å². The first kappa shape index (κ1) is 18.8. The lowest BCUT2D eigenvalue weighted by Gasteiger charge is -2.26. The molecule has 0 saturated carbocycles. The van der Waals surface area contributed by atoms with E-state index in [1.165, 1.54) is 6.33 Å². The number of aromatic nitrogens is 3. The molecule has 0 amide bonds. The van der Waals surface area contributed by atoms with E-state index in [0.717, 1.165) is 24.0 Å². The molecule has 4 heterocycles. The van der Waals surface area contributed by atoms with E-state index < -0.39 is 30.6 Å². The molecule has 29 heavy (non-hydrogen) atoms. The van der Waals surface area contributed by atoms with E-state index >= 15 is 0 Å². The maximum atomic E-state index is 10.8. The largest absolute Gasteiger partial charge is 0.387 e. The van der Waals surface area contributed by atoms with Gasteiger partial charge in [0.15, 0.2) is 6.23 Å². The molecule has 5 rings (SSSR count). The van der Waals surface area contributed by atoms with Gasteiger partial charge in [-0.15, -0.1) is 0 Å². The van der Waals surface area contributed by atoms with Gasteiger partial charge in [0.25, 0.3) is 0 Å². The van der Waals surface area contributed by atoms with Gasteiger partial charge in [-0.3, -0.25) is 0 Å². The summed E-state index contributed by atoms with van der Waals surface area (Å²) in [4.78, 5) is 8.24. The third-order valence-corrected chi connectivity index (χ3v) is 5.92. The smallest absolute Gasteiger partial charge is 0.164 e. The summed E-state index contributed by atoms with van der Waals surface area (Å²) in [5, 5.41) is 22.9. The number of rotatable bonds is 2. The molecule has 8 nitrogen and oxygen atoms in total. The van der Waals surface area contributed by atoms with Crippen LogP contribution < -0.4 is 5.73 Å². The molecule has 4 N–H and O–H groups in total. The fourth-order valence-corrected chi connectivity index (χ4v) is 4.46. The normalized spacial score (nSPS) is 29.7. The summed E-state index contributed by atoms with van der Waals surface area (Å²) in [6, 6.07) is 7.39. The van der Waals surface area contributed by atoms with Gasteiger partial charge in [0, 0.05) is 17.8 Å². The van der Waals surface area contributed by atoms with Crippen LogP contribution in [0.25, 0.3) is 11.0 Å². The number of nitrogen functional groups attached to an aromatic ring is 1. The van der Waals surface area contributed by atoms with Gasteiger partial charge in [0.05, 0.1) is 5.39 Å². The minimum absolute atomic E-state index is 0.344. The number of benzene rings is 1. The van der Waals surface area contributed by atoms with Gasteiger partial charge >= 0.3 is 0 Å². The number of fused-ring (bicyclic) bond motifs is 2. The number of anilines is 1. The number of aliphatic hydroxyl groups is 2. The summed E-state index contributed by atoms with van der Waals surface area (Å²) in [6.07, 6.45) is 0.377. The van der Waals surface area contributed by atoms with Crippen molar-refractivity contribution in [3.63, 3.8) is 0 Å².